The highest BCUT2D eigenvalue weighted by Crippen LogP contribution is 2.22. The molecule has 2 heterocycles. The first-order valence-corrected chi connectivity index (χ1v) is 5.60. The van der Waals surface area contributed by atoms with Gasteiger partial charge in [-0.05, 0) is 34.5 Å². The Bertz CT molecular complexity index is 359. The Kier molecular flexibility index (Phi) is 3.23. The molecule has 2 unspecified atom stereocenters. The smallest absolute Gasteiger partial charge is 0.140 e. The summed E-state index contributed by atoms with van der Waals surface area (Å²) in [5, 5.41) is 12.7. The van der Waals surface area contributed by atoms with Crippen molar-refractivity contribution in [2.24, 2.45) is 0 Å². The number of hydrogen-bond acceptors (Lipinski definition) is 4. The zero-order valence-corrected chi connectivity index (χ0v) is 9.99. The Morgan fingerprint density at radius 2 is 2.40 bits per heavy atom. The minimum absolute atomic E-state index is 0.0727. The first-order chi connectivity index (χ1) is 7.16. The van der Waals surface area contributed by atoms with Crippen molar-refractivity contribution in [3.05, 3.63) is 22.3 Å². The van der Waals surface area contributed by atoms with Gasteiger partial charge in [0.05, 0.1) is 29.8 Å². The Morgan fingerprint density at radius 1 is 1.60 bits per heavy atom. The maximum atomic E-state index is 9.57. The molecule has 1 aliphatic rings. The van der Waals surface area contributed by atoms with Crippen molar-refractivity contribution in [1.29, 1.82) is 0 Å². The minimum atomic E-state index is -0.458. The molecule has 0 spiro atoms. The van der Waals surface area contributed by atoms with Crippen molar-refractivity contribution >= 4 is 21.7 Å². The van der Waals surface area contributed by atoms with Crippen molar-refractivity contribution in [2.45, 2.75) is 19.1 Å². The van der Waals surface area contributed by atoms with Crippen molar-refractivity contribution in [2.75, 3.05) is 18.5 Å². The molecule has 0 bridgehead atoms. The van der Waals surface area contributed by atoms with Gasteiger partial charge in [-0.1, -0.05) is 0 Å². The van der Waals surface area contributed by atoms with Gasteiger partial charge in [0, 0.05) is 6.20 Å². The first kappa shape index (κ1) is 10.9. The highest BCUT2D eigenvalue weighted by molar-refractivity contribution is 9.10. The lowest BCUT2D eigenvalue weighted by Gasteiger charge is -2.16. The third-order valence-corrected chi connectivity index (χ3v) is 2.95. The SMILES string of the molecule is Cc1cnc(NC2COCC2O)c(Br)c1. The molecule has 5 heteroatoms. The van der Waals surface area contributed by atoms with Gasteiger partial charge in [-0.2, -0.15) is 0 Å². The van der Waals surface area contributed by atoms with Crippen LogP contribution >= 0.6 is 15.9 Å². The van der Waals surface area contributed by atoms with E-state index in [-0.39, 0.29) is 6.04 Å². The number of aliphatic hydroxyl groups is 1. The number of aliphatic hydroxyl groups excluding tert-OH is 1. The van der Waals surface area contributed by atoms with Crippen LogP contribution in [0.5, 0.6) is 0 Å². The summed E-state index contributed by atoms with van der Waals surface area (Å²) < 4.78 is 6.05. The topological polar surface area (TPSA) is 54.4 Å². The van der Waals surface area contributed by atoms with Crippen LogP contribution in [0, 0.1) is 6.92 Å². The molecule has 2 atom stereocenters. The van der Waals surface area contributed by atoms with Crippen molar-refractivity contribution in [1.82, 2.24) is 4.98 Å². The van der Waals surface area contributed by atoms with Gasteiger partial charge in [0.25, 0.3) is 0 Å². The Hall–Kier alpha value is -0.650. The molecule has 2 rings (SSSR count). The van der Waals surface area contributed by atoms with Gasteiger partial charge < -0.3 is 15.2 Å². The first-order valence-electron chi connectivity index (χ1n) is 4.81. The summed E-state index contributed by atoms with van der Waals surface area (Å²) >= 11 is 3.43. The summed E-state index contributed by atoms with van der Waals surface area (Å²) in [6, 6.07) is 1.91. The molecular formula is C10H13BrN2O2. The lowest BCUT2D eigenvalue weighted by Crippen LogP contribution is -2.32. The predicted octanol–water partition coefficient (Wildman–Crippen LogP) is 1.32. The number of ether oxygens (including phenoxy) is 1. The third kappa shape index (κ3) is 2.48. The van der Waals surface area contributed by atoms with E-state index in [1.807, 2.05) is 13.0 Å². The average molecular weight is 273 g/mol. The number of aryl methyl sites for hydroxylation is 1. The molecule has 0 saturated carbocycles. The number of anilines is 1. The monoisotopic (exact) mass is 272 g/mol. The zero-order chi connectivity index (χ0) is 10.8. The van der Waals surface area contributed by atoms with Gasteiger partial charge in [-0.25, -0.2) is 4.98 Å². The molecule has 1 aromatic heterocycles. The van der Waals surface area contributed by atoms with Crippen LogP contribution in [0.15, 0.2) is 16.7 Å². The lowest BCUT2D eigenvalue weighted by molar-refractivity contribution is 0.125. The van der Waals surface area contributed by atoms with E-state index in [4.69, 9.17) is 4.74 Å². The number of aromatic nitrogens is 1. The summed E-state index contributed by atoms with van der Waals surface area (Å²) in [6.07, 6.45) is 1.33. The molecule has 0 aromatic carbocycles. The number of halogens is 1. The summed E-state index contributed by atoms with van der Waals surface area (Å²) in [7, 11) is 0. The number of pyridine rings is 1. The summed E-state index contributed by atoms with van der Waals surface area (Å²) in [6.45, 7) is 2.89. The fourth-order valence-electron chi connectivity index (χ4n) is 1.50. The van der Waals surface area contributed by atoms with E-state index in [2.05, 4.69) is 26.2 Å². The summed E-state index contributed by atoms with van der Waals surface area (Å²) in [4.78, 5) is 4.25. The molecule has 0 radical (unpaired) electrons. The largest absolute Gasteiger partial charge is 0.388 e. The van der Waals surface area contributed by atoms with E-state index in [9.17, 15) is 5.11 Å². The normalized spacial score (nSPS) is 25.5. The molecule has 0 amide bonds. The number of hydrogen-bond donors (Lipinski definition) is 2. The van der Waals surface area contributed by atoms with Crippen LogP contribution in [0.4, 0.5) is 5.82 Å². The maximum Gasteiger partial charge on any atom is 0.140 e. The van der Waals surface area contributed by atoms with Crippen LogP contribution in [0.1, 0.15) is 5.56 Å². The Labute approximate surface area is 96.8 Å². The molecule has 2 N–H and O–H groups in total. The van der Waals surface area contributed by atoms with Gasteiger partial charge >= 0.3 is 0 Å². The summed E-state index contributed by atoms with van der Waals surface area (Å²) in [5.74, 6) is 0.746. The highest BCUT2D eigenvalue weighted by Gasteiger charge is 2.26. The average Bonchev–Trinajstić information content (AvgIpc) is 2.57. The molecule has 1 fully saturated rings. The zero-order valence-electron chi connectivity index (χ0n) is 8.40. The molecule has 82 valence electrons. The van der Waals surface area contributed by atoms with Crippen molar-refractivity contribution < 1.29 is 9.84 Å². The highest BCUT2D eigenvalue weighted by atomic mass is 79.9. The van der Waals surface area contributed by atoms with E-state index >= 15 is 0 Å². The van der Waals surface area contributed by atoms with Crippen LogP contribution in [0.25, 0.3) is 0 Å². The van der Waals surface area contributed by atoms with E-state index in [1.54, 1.807) is 6.20 Å². The lowest BCUT2D eigenvalue weighted by atomic mass is 10.2. The fourth-order valence-corrected chi connectivity index (χ4v) is 2.07. The van der Waals surface area contributed by atoms with Gasteiger partial charge in [-0.15, -0.1) is 0 Å². The van der Waals surface area contributed by atoms with Crippen LogP contribution in [-0.4, -0.2) is 35.5 Å². The second-order valence-electron chi connectivity index (χ2n) is 3.70. The second kappa shape index (κ2) is 4.47. The standard InChI is InChI=1S/C10H13BrN2O2/c1-6-2-7(11)10(12-3-6)13-8-4-15-5-9(8)14/h2-3,8-9,14H,4-5H2,1H3,(H,12,13). The Balaban J connectivity index is 2.10. The number of nitrogens with zero attached hydrogens (tertiary/aromatic N) is 1. The van der Waals surface area contributed by atoms with E-state index < -0.39 is 6.10 Å². The fraction of sp³-hybridized carbons (Fsp3) is 0.500. The molecule has 0 aliphatic carbocycles. The van der Waals surface area contributed by atoms with E-state index in [1.165, 1.54) is 0 Å². The third-order valence-electron chi connectivity index (χ3n) is 2.35. The number of nitrogens with one attached hydrogen (secondary N) is 1. The van der Waals surface area contributed by atoms with Crippen LogP contribution < -0.4 is 5.32 Å². The maximum absolute atomic E-state index is 9.57. The molecule has 1 saturated heterocycles. The minimum Gasteiger partial charge on any atom is -0.388 e. The van der Waals surface area contributed by atoms with Gasteiger partial charge in [0.2, 0.25) is 0 Å². The van der Waals surface area contributed by atoms with E-state index in [0.717, 1.165) is 15.9 Å². The quantitative estimate of drug-likeness (QED) is 0.853. The Morgan fingerprint density at radius 3 is 3.00 bits per heavy atom. The van der Waals surface area contributed by atoms with Gasteiger partial charge in [0.1, 0.15) is 5.82 Å². The second-order valence-corrected chi connectivity index (χ2v) is 4.55. The van der Waals surface area contributed by atoms with Crippen molar-refractivity contribution in [3.8, 4) is 0 Å². The molecular weight excluding hydrogens is 260 g/mol. The molecule has 4 nitrogen and oxygen atoms in total. The summed E-state index contributed by atoms with van der Waals surface area (Å²) in [5.41, 5.74) is 1.09. The molecule has 15 heavy (non-hydrogen) atoms. The number of rotatable bonds is 2. The van der Waals surface area contributed by atoms with Crippen LogP contribution in [-0.2, 0) is 4.74 Å². The van der Waals surface area contributed by atoms with Gasteiger partial charge in [0.15, 0.2) is 0 Å². The van der Waals surface area contributed by atoms with E-state index in [0.29, 0.717) is 13.2 Å². The predicted molar refractivity (Wildman–Crippen MR) is 60.9 cm³/mol. The van der Waals surface area contributed by atoms with Crippen LogP contribution in [0.3, 0.4) is 0 Å². The molecule has 1 aliphatic heterocycles. The van der Waals surface area contributed by atoms with Crippen LogP contribution in [0.2, 0.25) is 0 Å². The van der Waals surface area contributed by atoms with Gasteiger partial charge in [-0.3, -0.25) is 0 Å². The van der Waals surface area contributed by atoms with Crippen molar-refractivity contribution in [3.63, 3.8) is 0 Å². The molecule has 1 aromatic rings.